The van der Waals surface area contributed by atoms with Crippen molar-refractivity contribution >= 4 is 11.9 Å². The van der Waals surface area contributed by atoms with Gasteiger partial charge in [0.1, 0.15) is 17.3 Å². The van der Waals surface area contributed by atoms with Gasteiger partial charge in [0.15, 0.2) is 0 Å². The summed E-state index contributed by atoms with van der Waals surface area (Å²) in [5.74, 6) is 1.38. The smallest absolute Gasteiger partial charge is 0.131 e. The van der Waals surface area contributed by atoms with Crippen LogP contribution in [-0.4, -0.2) is 14.2 Å². The van der Waals surface area contributed by atoms with Crippen LogP contribution in [0.2, 0.25) is 0 Å². The predicted molar refractivity (Wildman–Crippen MR) is 89.1 cm³/mol. The third kappa shape index (κ3) is 3.48. The highest BCUT2D eigenvalue weighted by molar-refractivity contribution is 5.78. The minimum Gasteiger partial charge on any atom is -0.496 e. The maximum absolute atomic E-state index is 14.3. The average molecular weight is 300 g/mol. The highest BCUT2D eigenvalue weighted by Gasteiger charge is 2.15. The van der Waals surface area contributed by atoms with Crippen LogP contribution in [0.4, 0.5) is 4.39 Å². The van der Waals surface area contributed by atoms with Crippen LogP contribution in [0.5, 0.6) is 11.5 Å². The second kappa shape index (κ2) is 7.12. The van der Waals surface area contributed by atoms with Gasteiger partial charge in [-0.05, 0) is 29.7 Å². The third-order valence-corrected chi connectivity index (χ3v) is 3.49. The Morgan fingerprint density at radius 1 is 1.00 bits per heavy atom. The summed E-state index contributed by atoms with van der Waals surface area (Å²) in [6.45, 7) is 4.14. The Morgan fingerprint density at radius 3 is 2.00 bits per heavy atom. The molecule has 22 heavy (non-hydrogen) atoms. The number of hydrogen-bond acceptors (Lipinski definition) is 2. The zero-order valence-corrected chi connectivity index (χ0v) is 13.4. The Hall–Kier alpha value is -2.29. The lowest BCUT2D eigenvalue weighted by Gasteiger charge is -2.17. The Bertz CT molecular complexity index is 635. The monoisotopic (exact) mass is 300 g/mol. The van der Waals surface area contributed by atoms with Crippen molar-refractivity contribution < 1.29 is 13.9 Å². The standard InChI is InChI=1S/C19H21FO2/c1-13(2)19-17(21-3)11-14(12-18(19)22-4)10-16(20)15-8-6-5-7-9-15/h5-13H,1-4H3/b16-10-. The van der Waals surface area contributed by atoms with Gasteiger partial charge in [-0.15, -0.1) is 0 Å². The van der Waals surface area contributed by atoms with Crippen molar-refractivity contribution in [3.8, 4) is 11.5 Å². The molecule has 0 aliphatic rings. The molecule has 0 saturated carbocycles. The summed E-state index contributed by atoms with van der Waals surface area (Å²) in [4.78, 5) is 0. The van der Waals surface area contributed by atoms with Crippen molar-refractivity contribution in [2.45, 2.75) is 19.8 Å². The van der Waals surface area contributed by atoms with Gasteiger partial charge in [0.2, 0.25) is 0 Å². The summed E-state index contributed by atoms with van der Waals surface area (Å²) in [5, 5.41) is 0. The highest BCUT2D eigenvalue weighted by Crippen LogP contribution is 2.37. The van der Waals surface area contributed by atoms with Crippen molar-refractivity contribution in [1.29, 1.82) is 0 Å². The van der Waals surface area contributed by atoms with Gasteiger partial charge in [-0.2, -0.15) is 0 Å². The molecular weight excluding hydrogens is 279 g/mol. The lowest BCUT2D eigenvalue weighted by Crippen LogP contribution is -1.99. The van der Waals surface area contributed by atoms with Gasteiger partial charge in [-0.1, -0.05) is 44.2 Å². The Kier molecular flexibility index (Phi) is 5.21. The van der Waals surface area contributed by atoms with E-state index in [9.17, 15) is 4.39 Å². The van der Waals surface area contributed by atoms with Crippen LogP contribution in [0.1, 0.15) is 36.5 Å². The van der Waals surface area contributed by atoms with E-state index in [2.05, 4.69) is 13.8 Å². The molecule has 0 spiro atoms. The molecule has 0 radical (unpaired) electrons. The molecule has 0 aromatic heterocycles. The fraction of sp³-hybridized carbons (Fsp3) is 0.263. The van der Waals surface area contributed by atoms with Crippen LogP contribution < -0.4 is 9.47 Å². The van der Waals surface area contributed by atoms with E-state index in [0.29, 0.717) is 22.6 Å². The first kappa shape index (κ1) is 16.1. The molecule has 0 amide bonds. The van der Waals surface area contributed by atoms with Crippen molar-refractivity contribution in [2.24, 2.45) is 0 Å². The first-order chi connectivity index (χ1) is 10.6. The second-order valence-corrected chi connectivity index (χ2v) is 5.35. The van der Waals surface area contributed by atoms with E-state index in [-0.39, 0.29) is 11.7 Å². The maximum atomic E-state index is 14.3. The molecule has 0 atom stereocenters. The Labute approximate surface area is 131 Å². The van der Waals surface area contributed by atoms with Crippen LogP contribution in [-0.2, 0) is 0 Å². The van der Waals surface area contributed by atoms with E-state index < -0.39 is 0 Å². The lowest BCUT2D eigenvalue weighted by atomic mass is 9.98. The van der Waals surface area contributed by atoms with Crippen molar-refractivity contribution in [3.63, 3.8) is 0 Å². The van der Waals surface area contributed by atoms with Crippen LogP contribution in [0, 0.1) is 0 Å². The molecule has 0 bridgehead atoms. The van der Waals surface area contributed by atoms with Crippen LogP contribution in [0.15, 0.2) is 42.5 Å². The molecule has 0 aliphatic heterocycles. The largest absolute Gasteiger partial charge is 0.496 e. The topological polar surface area (TPSA) is 18.5 Å². The van der Waals surface area contributed by atoms with Crippen molar-refractivity contribution in [3.05, 3.63) is 59.2 Å². The van der Waals surface area contributed by atoms with Gasteiger partial charge in [0, 0.05) is 11.1 Å². The molecule has 2 nitrogen and oxygen atoms in total. The molecule has 3 heteroatoms. The van der Waals surface area contributed by atoms with E-state index in [1.807, 2.05) is 30.3 Å². The Morgan fingerprint density at radius 2 is 1.55 bits per heavy atom. The van der Waals surface area contributed by atoms with Crippen LogP contribution >= 0.6 is 0 Å². The lowest BCUT2D eigenvalue weighted by molar-refractivity contribution is 0.382. The predicted octanol–water partition coefficient (Wildman–Crippen LogP) is 5.29. The number of hydrogen-bond donors (Lipinski definition) is 0. The quantitative estimate of drug-likeness (QED) is 0.698. The van der Waals surface area contributed by atoms with Gasteiger partial charge in [-0.3, -0.25) is 0 Å². The molecular formula is C19H21FO2. The number of ether oxygens (including phenoxy) is 2. The SMILES string of the molecule is COc1cc(/C=C(\F)c2ccccc2)cc(OC)c1C(C)C. The second-order valence-electron chi connectivity index (χ2n) is 5.35. The third-order valence-electron chi connectivity index (χ3n) is 3.49. The average Bonchev–Trinajstić information content (AvgIpc) is 2.54. The summed E-state index contributed by atoms with van der Waals surface area (Å²) in [7, 11) is 3.23. The zero-order valence-electron chi connectivity index (χ0n) is 13.4. The first-order valence-electron chi connectivity index (χ1n) is 7.25. The molecule has 0 N–H and O–H groups in total. The normalized spacial score (nSPS) is 11.6. The number of rotatable bonds is 5. The molecule has 0 saturated heterocycles. The minimum absolute atomic E-state index is 0.252. The zero-order chi connectivity index (χ0) is 16.1. The van der Waals surface area contributed by atoms with Gasteiger partial charge < -0.3 is 9.47 Å². The van der Waals surface area contributed by atoms with E-state index in [0.717, 1.165) is 5.56 Å². The van der Waals surface area contributed by atoms with Gasteiger partial charge in [0.25, 0.3) is 0 Å². The number of benzene rings is 2. The van der Waals surface area contributed by atoms with E-state index in [4.69, 9.17) is 9.47 Å². The molecule has 2 aromatic rings. The Balaban J connectivity index is 2.48. The molecule has 0 heterocycles. The first-order valence-corrected chi connectivity index (χ1v) is 7.25. The van der Waals surface area contributed by atoms with Gasteiger partial charge in [-0.25, -0.2) is 4.39 Å². The summed E-state index contributed by atoms with van der Waals surface area (Å²) in [6.07, 6.45) is 1.49. The van der Waals surface area contributed by atoms with E-state index >= 15 is 0 Å². The van der Waals surface area contributed by atoms with Crippen molar-refractivity contribution in [2.75, 3.05) is 14.2 Å². The molecule has 116 valence electrons. The molecule has 0 unspecified atom stereocenters. The van der Waals surface area contributed by atoms with Crippen molar-refractivity contribution in [1.82, 2.24) is 0 Å². The molecule has 2 aromatic carbocycles. The fourth-order valence-electron chi connectivity index (χ4n) is 2.44. The minimum atomic E-state index is -0.290. The van der Waals surface area contributed by atoms with Crippen LogP contribution in [0.3, 0.4) is 0 Å². The van der Waals surface area contributed by atoms with Crippen LogP contribution in [0.25, 0.3) is 11.9 Å². The summed E-state index contributed by atoms with van der Waals surface area (Å²) in [6, 6.07) is 12.6. The van der Waals surface area contributed by atoms with Gasteiger partial charge in [0.05, 0.1) is 14.2 Å². The van der Waals surface area contributed by atoms with E-state index in [1.54, 1.807) is 26.4 Å². The van der Waals surface area contributed by atoms with Gasteiger partial charge >= 0.3 is 0 Å². The van der Waals surface area contributed by atoms with E-state index in [1.165, 1.54) is 6.08 Å². The number of halogens is 1. The summed E-state index contributed by atoms with van der Waals surface area (Å²) >= 11 is 0. The molecule has 0 aliphatic carbocycles. The molecule has 0 fully saturated rings. The summed E-state index contributed by atoms with van der Waals surface area (Å²) < 4.78 is 25.2. The molecule has 2 rings (SSSR count). The fourth-order valence-corrected chi connectivity index (χ4v) is 2.44. The maximum Gasteiger partial charge on any atom is 0.131 e. The number of methoxy groups -OCH3 is 2. The highest BCUT2D eigenvalue weighted by atomic mass is 19.1. The summed E-state index contributed by atoms with van der Waals surface area (Å²) in [5.41, 5.74) is 2.25.